The molecule has 2 saturated heterocycles. The lowest BCUT2D eigenvalue weighted by Crippen LogP contribution is -2.51. The summed E-state index contributed by atoms with van der Waals surface area (Å²) in [5.41, 5.74) is 0.101. The van der Waals surface area contributed by atoms with Gasteiger partial charge in [-0.25, -0.2) is 4.79 Å². The molecule has 7 heteroatoms. The monoisotopic (exact) mass is 350 g/mol. The molecular formula is C18H30N4O3. The number of hydrogen-bond donors (Lipinski definition) is 1. The number of carbonyl (C=O) groups is 1. The summed E-state index contributed by atoms with van der Waals surface area (Å²) in [5.74, 6) is 1.64. The number of ether oxygens (including phenoxy) is 1. The number of likely N-dealkylation sites (tertiary alicyclic amines) is 1. The molecule has 0 radical (unpaired) electrons. The van der Waals surface area contributed by atoms with E-state index in [1.165, 1.54) is 0 Å². The van der Waals surface area contributed by atoms with Crippen LogP contribution in [0.5, 0.6) is 0 Å². The fourth-order valence-corrected chi connectivity index (χ4v) is 3.61. The highest BCUT2D eigenvalue weighted by Crippen LogP contribution is 2.30. The highest BCUT2D eigenvalue weighted by Gasteiger charge is 2.33. The van der Waals surface area contributed by atoms with Crippen LogP contribution in [-0.2, 0) is 4.74 Å². The molecule has 1 aromatic heterocycles. The third-order valence-corrected chi connectivity index (χ3v) is 5.25. The fourth-order valence-electron chi connectivity index (χ4n) is 3.61. The number of aryl methyl sites for hydroxylation is 1. The van der Waals surface area contributed by atoms with Gasteiger partial charge in [0.25, 0.3) is 0 Å². The van der Waals surface area contributed by atoms with Gasteiger partial charge in [0.2, 0.25) is 5.89 Å². The van der Waals surface area contributed by atoms with Crippen molar-refractivity contribution in [2.45, 2.75) is 71.4 Å². The first-order chi connectivity index (χ1) is 11.8. The first kappa shape index (κ1) is 18.2. The maximum Gasteiger partial charge on any atom is 0.317 e. The summed E-state index contributed by atoms with van der Waals surface area (Å²) in [6.45, 7) is 10.6. The molecule has 7 nitrogen and oxygen atoms in total. The molecule has 2 amide bonds. The zero-order valence-electron chi connectivity index (χ0n) is 15.7. The van der Waals surface area contributed by atoms with Crippen LogP contribution in [0.25, 0.3) is 0 Å². The molecule has 2 aliphatic rings. The number of rotatable bonds is 2. The van der Waals surface area contributed by atoms with E-state index in [1.807, 2.05) is 11.8 Å². The van der Waals surface area contributed by atoms with Crippen LogP contribution in [-0.4, -0.2) is 52.9 Å². The lowest BCUT2D eigenvalue weighted by molar-refractivity contribution is -0.0570. The molecule has 0 saturated carbocycles. The van der Waals surface area contributed by atoms with Crippen molar-refractivity contribution < 1.29 is 14.1 Å². The van der Waals surface area contributed by atoms with E-state index in [4.69, 9.17) is 9.26 Å². The Bertz CT molecular complexity index is 587. The maximum atomic E-state index is 12.6. The van der Waals surface area contributed by atoms with Crippen LogP contribution in [0.3, 0.4) is 0 Å². The van der Waals surface area contributed by atoms with Gasteiger partial charge in [-0.05, 0) is 38.0 Å². The molecule has 1 aromatic rings. The minimum absolute atomic E-state index is 0.0414. The van der Waals surface area contributed by atoms with Crippen LogP contribution >= 0.6 is 0 Å². The number of aromatic nitrogens is 2. The van der Waals surface area contributed by atoms with Crippen LogP contribution in [0.1, 0.15) is 64.1 Å². The van der Waals surface area contributed by atoms with Crippen molar-refractivity contribution in [2.24, 2.45) is 5.41 Å². The maximum absolute atomic E-state index is 12.6. The van der Waals surface area contributed by atoms with Gasteiger partial charge in [-0.1, -0.05) is 25.9 Å². The Morgan fingerprint density at radius 1 is 1.24 bits per heavy atom. The lowest BCUT2D eigenvalue weighted by atomic mass is 9.83. The topological polar surface area (TPSA) is 80.5 Å². The highest BCUT2D eigenvalue weighted by atomic mass is 16.5. The molecule has 2 atom stereocenters. The quantitative estimate of drug-likeness (QED) is 0.887. The zero-order chi connectivity index (χ0) is 18.0. The Labute approximate surface area is 149 Å². The molecule has 25 heavy (non-hydrogen) atoms. The average Bonchev–Trinajstić information content (AvgIpc) is 3.01. The molecule has 3 heterocycles. The van der Waals surface area contributed by atoms with Crippen molar-refractivity contribution in [3.05, 3.63) is 11.7 Å². The van der Waals surface area contributed by atoms with Gasteiger partial charge in [-0.15, -0.1) is 0 Å². The van der Waals surface area contributed by atoms with E-state index in [0.717, 1.165) is 38.8 Å². The number of amides is 2. The second kappa shape index (κ2) is 7.32. The number of nitrogens with one attached hydrogen (secondary N) is 1. The number of carbonyl (C=O) groups excluding carboxylic acids is 1. The summed E-state index contributed by atoms with van der Waals surface area (Å²) in [4.78, 5) is 18.8. The van der Waals surface area contributed by atoms with Crippen LogP contribution < -0.4 is 5.32 Å². The van der Waals surface area contributed by atoms with Crippen LogP contribution in [0.4, 0.5) is 4.79 Å². The first-order valence-corrected chi connectivity index (χ1v) is 9.30. The first-order valence-electron chi connectivity index (χ1n) is 9.30. The number of piperidine rings is 1. The summed E-state index contributed by atoms with van der Waals surface area (Å²) >= 11 is 0. The van der Waals surface area contributed by atoms with E-state index in [1.54, 1.807) is 0 Å². The minimum Gasteiger partial charge on any atom is -0.378 e. The minimum atomic E-state index is 0.0414. The molecule has 2 unspecified atom stereocenters. The highest BCUT2D eigenvalue weighted by molar-refractivity contribution is 5.74. The van der Waals surface area contributed by atoms with Gasteiger partial charge in [0.05, 0.1) is 6.10 Å². The predicted molar refractivity (Wildman–Crippen MR) is 93.3 cm³/mol. The van der Waals surface area contributed by atoms with Gasteiger partial charge >= 0.3 is 6.03 Å². The Morgan fingerprint density at radius 3 is 2.56 bits per heavy atom. The molecule has 2 fully saturated rings. The average molecular weight is 350 g/mol. The van der Waals surface area contributed by atoms with Crippen molar-refractivity contribution in [2.75, 3.05) is 19.7 Å². The SMILES string of the molecule is Cc1noc(C2CCN(C(=O)NC3CCOC(C(C)(C)C)C3)CC2)n1. The third-order valence-electron chi connectivity index (χ3n) is 5.25. The molecular weight excluding hydrogens is 320 g/mol. The van der Waals surface area contributed by atoms with Crippen molar-refractivity contribution in [1.29, 1.82) is 0 Å². The summed E-state index contributed by atoms with van der Waals surface area (Å²) in [6, 6.07) is 0.238. The largest absolute Gasteiger partial charge is 0.378 e. The van der Waals surface area contributed by atoms with Gasteiger partial charge in [-0.3, -0.25) is 0 Å². The summed E-state index contributed by atoms with van der Waals surface area (Å²) in [6.07, 6.45) is 3.70. The Balaban J connectivity index is 1.48. The van der Waals surface area contributed by atoms with Crippen LogP contribution in [0.15, 0.2) is 4.52 Å². The fraction of sp³-hybridized carbons (Fsp3) is 0.833. The second-order valence-electron chi connectivity index (χ2n) is 8.34. The van der Waals surface area contributed by atoms with E-state index >= 15 is 0 Å². The van der Waals surface area contributed by atoms with Gasteiger partial charge < -0.3 is 19.5 Å². The Kier molecular flexibility index (Phi) is 5.32. The summed E-state index contributed by atoms with van der Waals surface area (Å²) in [5, 5.41) is 7.06. The van der Waals surface area contributed by atoms with E-state index in [9.17, 15) is 4.79 Å². The molecule has 1 N–H and O–H groups in total. The molecule has 0 bridgehead atoms. The van der Waals surface area contributed by atoms with E-state index in [-0.39, 0.29) is 29.5 Å². The standard InChI is InChI=1S/C18H30N4O3/c1-12-19-16(25-21-12)13-5-8-22(9-6-13)17(23)20-14-7-10-24-15(11-14)18(2,3)4/h13-15H,5-11H2,1-4H3,(H,20,23). The van der Waals surface area contributed by atoms with Gasteiger partial charge in [0.15, 0.2) is 5.82 Å². The predicted octanol–water partition coefficient (Wildman–Crippen LogP) is 2.86. The summed E-state index contributed by atoms with van der Waals surface area (Å²) < 4.78 is 11.1. The Hall–Kier alpha value is -1.63. The molecule has 2 aliphatic heterocycles. The second-order valence-corrected chi connectivity index (χ2v) is 8.34. The number of hydrogen-bond acceptors (Lipinski definition) is 5. The van der Waals surface area contributed by atoms with Crippen LogP contribution in [0.2, 0.25) is 0 Å². The Morgan fingerprint density at radius 2 is 1.96 bits per heavy atom. The van der Waals surface area contributed by atoms with E-state index < -0.39 is 0 Å². The molecule has 3 rings (SSSR count). The van der Waals surface area contributed by atoms with Gasteiger partial charge in [-0.2, -0.15) is 4.98 Å². The van der Waals surface area contributed by atoms with E-state index in [0.29, 0.717) is 18.3 Å². The number of nitrogens with zero attached hydrogens (tertiary/aromatic N) is 3. The van der Waals surface area contributed by atoms with Crippen molar-refractivity contribution in [3.63, 3.8) is 0 Å². The van der Waals surface area contributed by atoms with Crippen LogP contribution in [0, 0.1) is 12.3 Å². The lowest BCUT2D eigenvalue weighted by Gasteiger charge is -2.39. The zero-order valence-corrected chi connectivity index (χ0v) is 15.7. The van der Waals surface area contributed by atoms with Crippen molar-refractivity contribution >= 4 is 6.03 Å². The molecule has 0 spiro atoms. The number of urea groups is 1. The molecule has 0 aliphatic carbocycles. The molecule has 140 valence electrons. The third kappa shape index (κ3) is 4.51. The van der Waals surface area contributed by atoms with Gasteiger partial charge in [0, 0.05) is 31.7 Å². The van der Waals surface area contributed by atoms with E-state index in [2.05, 4.69) is 36.2 Å². The van der Waals surface area contributed by atoms with Gasteiger partial charge in [0.1, 0.15) is 0 Å². The van der Waals surface area contributed by atoms with Crippen molar-refractivity contribution in [1.82, 2.24) is 20.4 Å². The smallest absolute Gasteiger partial charge is 0.317 e. The van der Waals surface area contributed by atoms with Crippen molar-refractivity contribution in [3.8, 4) is 0 Å². The normalized spacial score (nSPS) is 25.8. The molecule has 0 aromatic carbocycles. The summed E-state index contributed by atoms with van der Waals surface area (Å²) in [7, 11) is 0.